The summed E-state index contributed by atoms with van der Waals surface area (Å²) in [6, 6.07) is 8.51. The van der Waals surface area contributed by atoms with Crippen molar-refractivity contribution in [1.29, 1.82) is 0 Å². The summed E-state index contributed by atoms with van der Waals surface area (Å²) in [4.78, 5) is 24.4. The molecule has 3 rings (SSSR count). The fourth-order valence-corrected chi connectivity index (χ4v) is 2.79. The third-order valence-electron chi connectivity index (χ3n) is 4.10. The summed E-state index contributed by atoms with van der Waals surface area (Å²) in [6.45, 7) is 1.91. The quantitative estimate of drug-likeness (QED) is 0.684. The van der Waals surface area contributed by atoms with Gasteiger partial charge in [0, 0.05) is 18.0 Å². The number of hydrogen-bond acceptors (Lipinski definition) is 4. The number of carbonyl (C=O) groups excluding carboxylic acids is 1. The number of benzene rings is 2. The van der Waals surface area contributed by atoms with Crippen molar-refractivity contribution in [3.8, 4) is 5.75 Å². The van der Waals surface area contributed by atoms with Gasteiger partial charge in [0.15, 0.2) is 0 Å². The van der Waals surface area contributed by atoms with E-state index in [2.05, 4.69) is 5.32 Å². The highest BCUT2D eigenvalue weighted by Crippen LogP contribution is 2.30. The van der Waals surface area contributed by atoms with Gasteiger partial charge in [-0.1, -0.05) is 23.7 Å². The van der Waals surface area contributed by atoms with E-state index in [0.29, 0.717) is 10.9 Å². The molecule has 1 amide bonds. The van der Waals surface area contributed by atoms with Crippen LogP contribution in [0.3, 0.4) is 0 Å². The molecule has 1 aromatic heterocycles. The minimum Gasteiger partial charge on any atom is -0.506 e. The number of hydrogen-bond donors (Lipinski definition) is 2. The summed E-state index contributed by atoms with van der Waals surface area (Å²) in [7, 11) is 0. The van der Waals surface area contributed by atoms with Crippen molar-refractivity contribution in [2.45, 2.75) is 19.9 Å². The molecule has 0 saturated heterocycles. The Balaban J connectivity index is 1.81. The highest BCUT2D eigenvalue weighted by molar-refractivity contribution is 6.32. The van der Waals surface area contributed by atoms with Crippen LogP contribution in [0.15, 0.2) is 45.6 Å². The van der Waals surface area contributed by atoms with E-state index in [0.717, 1.165) is 5.56 Å². The van der Waals surface area contributed by atoms with Crippen LogP contribution in [-0.2, 0) is 17.8 Å². The summed E-state index contributed by atoms with van der Waals surface area (Å²) in [5.41, 5.74) is 1.08. The zero-order valence-electron chi connectivity index (χ0n) is 13.8. The Bertz CT molecular complexity index is 1040. The molecule has 7 heteroatoms. The van der Waals surface area contributed by atoms with E-state index >= 15 is 0 Å². The van der Waals surface area contributed by atoms with Crippen LogP contribution in [0.5, 0.6) is 5.75 Å². The van der Waals surface area contributed by atoms with E-state index in [1.165, 1.54) is 24.3 Å². The van der Waals surface area contributed by atoms with Gasteiger partial charge in [0.2, 0.25) is 5.91 Å². The van der Waals surface area contributed by atoms with Crippen LogP contribution < -0.4 is 10.9 Å². The van der Waals surface area contributed by atoms with Gasteiger partial charge in [-0.05, 0) is 36.2 Å². The predicted octanol–water partition coefficient (Wildman–Crippen LogP) is 3.46. The SMILES string of the molecule is Cc1c(CC(=O)NCc2ccc(F)cc2)c(=O)oc2cc(O)c(Cl)cc12. The summed E-state index contributed by atoms with van der Waals surface area (Å²) >= 11 is 5.91. The Morgan fingerprint density at radius 3 is 2.65 bits per heavy atom. The normalized spacial score (nSPS) is 10.9. The smallest absolute Gasteiger partial charge is 0.340 e. The number of aryl methyl sites for hydroxylation is 1. The van der Waals surface area contributed by atoms with Crippen molar-refractivity contribution >= 4 is 28.5 Å². The topological polar surface area (TPSA) is 79.5 Å². The van der Waals surface area contributed by atoms with Gasteiger partial charge in [-0.25, -0.2) is 9.18 Å². The monoisotopic (exact) mass is 375 g/mol. The third kappa shape index (κ3) is 3.70. The first-order valence-corrected chi connectivity index (χ1v) is 8.19. The molecule has 26 heavy (non-hydrogen) atoms. The maximum atomic E-state index is 12.9. The van der Waals surface area contributed by atoms with Gasteiger partial charge < -0.3 is 14.8 Å². The van der Waals surface area contributed by atoms with Gasteiger partial charge in [0.05, 0.1) is 17.0 Å². The molecule has 134 valence electrons. The number of amides is 1. The van der Waals surface area contributed by atoms with E-state index in [1.54, 1.807) is 19.1 Å². The second-order valence-corrected chi connectivity index (χ2v) is 6.28. The number of aromatic hydroxyl groups is 1. The molecular weight excluding hydrogens is 361 g/mol. The molecule has 3 aromatic rings. The number of phenols is 1. The lowest BCUT2D eigenvalue weighted by Gasteiger charge is -2.09. The van der Waals surface area contributed by atoms with E-state index in [4.69, 9.17) is 16.0 Å². The van der Waals surface area contributed by atoms with Crippen molar-refractivity contribution in [1.82, 2.24) is 5.32 Å². The zero-order valence-corrected chi connectivity index (χ0v) is 14.6. The lowest BCUT2D eigenvalue weighted by molar-refractivity contribution is -0.120. The van der Waals surface area contributed by atoms with Crippen LogP contribution in [-0.4, -0.2) is 11.0 Å². The molecule has 0 bridgehead atoms. The van der Waals surface area contributed by atoms with Crippen LogP contribution in [0, 0.1) is 12.7 Å². The Kier molecular flexibility index (Phi) is 4.95. The molecule has 5 nitrogen and oxygen atoms in total. The number of halogens is 2. The number of fused-ring (bicyclic) bond motifs is 1. The molecule has 0 spiro atoms. The average Bonchev–Trinajstić information content (AvgIpc) is 2.60. The maximum absolute atomic E-state index is 12.9. The van der Waals surface area contributed by atoms with Crippen molar-refractivity contribution < 1.29 is 18.7 Å². The lowest BCUT2D eigenvalue weighted by Crippen LogP contribution is -2.27. The first kappa shape index (κ1) is 17.9. The Morgan fingerprint density at radius 1 is 1.27 bits per heavy atom. The van der Waals surface area contributed by atoms with Gasteiger partial charge in [-0.15, -0.1) is 0 Å². The predicted molar refractivity (Wildman–Crippen MR) is 95.8 cm³/mol. The summed E-state index contributed by atoms with van der Waals surface area (Å²) in [5.74, 6) is -0.908. The van der Waals surface area contributed by atoms with Crippen LogP contribution in [0.2, 0.25) is 5.02 Å². The number of rotatable bonds is 4. The average molecular weight is 376 g/mol. The summed E-state index contributed by atoms with van der Waals surface area (Å²) < 4.78 is 18.1. The Hall–Kier alpha value is -2.86. The van der Waals surface area contributed by atoms with Gasteiger partial charge >= 0.3 is 5.63 Å². The van der Waals surface area contributed by atoms with E-state index in [-0.39, 0.29) is 46.6 Å². The molecular formula is C19H15ClFNO4. The first-order valence-electron chi connectivity index (χ1n) is 7.81. The minimum atomic E-state index is -0.645. The van der Waals surface area contributed by atoms with Crippen LogP contribution in [0.4, 0.5) is 4.39 Å². The first-order chi connectivity index (χ1) is 12.3. The molecule has 0 fully saturated rings. The molecule has 0 atom stereocenters. The van der Waals surface area contributed by atoms with Crippen molar-refractivity contribution in [2.24, 2.45) is 0 Å². The maximum Gasteiger partial charge on any atom is 0.340 e. The van der Waals surface area contributed by atoms with Gasteiger partial charge in [-0.3, -0.25) is 4.79 Å². The molecule has 0 radical (unpaired) electrons. The molecule has 0 aliphatic carbocycles. The largest absolute Gasteiger partial charge is 0.506 e. The molecule has 0 aliphatic rings. The summed E-state index contributed by atoms with van der Waals surface area (Å²) in [5, 5.41) is 13.0. The molecule has 1 heterocycles. The molecule has 0 aliphatic heterocycles. The van der Waals surface area contributed by atoms with Crippen LogP contribution in [0.25, 0.3) is 11.0 Å². The molecule has 2 aromatic carbocycles. The Morgan fingerprint density at radius 2 is 1.96 bits per heavy atom. The highest BCUT2D eigenvalue weighted by Gasteiger charge is 2.16. The van der Waals surface area contributed by atoms with E-state index in [9.17, 15) is 19.1 Å². The van der Waals surface area contributed by atoms with Crippen molar-refractivity contribution in [3.05, 3.63) is 74.3 Å². The Labute approximate surface area is 153 Å². The fraction of sp³-hybridized carbons (Fsp3) is 0.158. The van der Waals surface area contributed by atoms with Gasteiger partial charge in [0.25, 0.3) is 0 Å². The fourth-order valence-electron chi connectivity index (χ4n) is 2.63. The third-order valence-corrected chi connectivity index (χ3v) is 4.40. The second-order valence-electron chi connectivity index (χ2n) is 5.87. The number of nitrogens with one attached hydrogen (secondary N) is 1. The highest BCUT2D eigenvalue weighted by atomic mass is 35.5. The van der Waals surface area contributed by atoms with E-state index < -0.39 is 5.63 Å². The van der Waals surface area contributed by atoms with Gasteiger partial charge in [-0.2, -0.15) is 0 Å². The molecule has 0 saturated carbocycles. The van der Waals surface area contributed by atoms with Gasteiger partial charge in [0.1, 0.15) is 17.1 Å². The number of carbonyl (C=O) groups is 1. The second kappa shape index (κ2) is 7.17. The van der Waals surface area contributed by atoms with Crippen LogP contribution >= 0.6 is 11.6 Å². The standard InChI is InChI=1S/C19H15ClFNO4/c1-10-13-6-15(20)16(23)8-17(13)26-19(25)14(10)7-18(24)22-9-11-2-4-12(21)5-3-11/h2-6,8,23H,7,9H2,1H3,(H,22,24). The lowest BCUT2D eigenvalue weighted by atomic mass is 10.0. The van der Waals surface area contributed by atoms with Crippen LogP contribution in [0.1, 0.15) is 16.7 Å². The minimum absolute atomic E-state index is 0.126. The summed E-state index contributed by atoms with van der Waals surface area (Å²) in [6.07, 6.45) is -0.163. The van der Waals surface area contributed by atoms with E-state index in [1.807, 2.05) is 0 Å². The van der Waals surface area contributed by atoms with Crippen molar-refractivity contribution in [2.75, 3.05) is 0 Å². The van der Waals surface area contributed by atoms with Crippen molar-refractivity contribution in [3.63, 3.8) is 0 Å². The zero-order chi connectivity index (χ0) is 18.8. The molecule has 0 unspecified atom stereocenters. The number of phenolic OH excluding ortho intramolecular Hbond substituents is 1. The molecule has 2 N–H and O–H groups in total.